The van der Waals surface area contributed by atoms with E-state index in [1.807, 2.05) is 0 Å². The Morgan fingerprint density at radius 2 is 1.77 bits per heavy atom. The Morgan fingerprint density at radius 1 is 1.12 bits per heavy atom. The fourth-order valence-electron chi connectivity index (χ4n) is 2.39. The molecule has 2 rings (SSSR count). The van der Waals surface area contributed by atoms with E-state index in [-0.39, 0.29) is 15.5 Å². The van der Waals surface area contributed by atoms with Gasteiger partial charge in [0, 0.05) is 11.1 Å². The van der Waals surface area contributed by atoms with E-state index < -0.39 is 28.4 Å². The van der Waals surface area contributed by atoms with Gasteiger partial charge in [-0.3, -0.25) is 4.79 Å². The van der Waals surface area contributed by atoms with Crippen LogP contribution in [0.15, 0.2) is 35.2 Å². The molecule has 0 aliphatic rings. The molecule has 0 spiro atoms. The average Bonchev–Trinajstić information content (AvgIpc) is 2.54. The molecule has 0 radical (unpaired) electrons. The van der Waals surface area contributed by atoms with E-state index in [9.17, 15) is 18.0 Å². The van der Waals surface area contributed by atoms with Crippen molar-refractivity contribution in [1.82, 2.24) is 0 Å². The number of carbonyl (C=O) groups excluding carboxylic acids is 1. The Kier molecular flexibility index (Phi) is 5.70. The van der Waals surface area contributed by atoms with Gasteiger partial charge in [-0.05, 0) is 49.2 Å². The molecule has 7 nitrogen and oxygen atoms in total. The minimum Gasteiger partial charge on any atom is -0.482 e. The molecular weight excluding hydrogens is 382 g/mol. The highest BCUT2D eigenvalue weighted by Gasteiger charge is 2.22. The molecule has 2 aromatic rings. The van der Waals surface area contributed by atoms with Crippen LogP contribution in [0.1, 0.15) is 27.0 Å². The molecule has 0 saturated heterocycles. The number of carboxylic acids is 1. The lowest BCUT2D eigenvalue weighted by atomic mass is 9.95. The van der Waals surface area contributed by atoms with E-state index in [1.54, 1.807) is 13.8 Å². The molecule has 138 valence electrons. The Hall–Kier alpha value is -2.42. The second kappa shape index (κ2) is 7.45. The number of hydrogen-bond donors (Lipinski definition) is 2. The van der Waals surface area contributed by atoms with Gasteiger partial charge in [0.2, 0.25) is 10.0 Å². The van der Waals surface area contributed by atoms with Crippen LogP contribution >= 0.6 is 11.6 Å². The fourth-order valence-corrected chi connectivity index (χ4v) is 3.55. The normalized spacial score (nSPS) is 11.2. The van der Waals surface area contributed by atoms with Crippen molar-refractivity contribution in [3.8, 4) is 5.75 Å². The van der Waals surface area contributed by atoms with E-state index in [4.69, 9.17) is 26.6 Å². The number of carbonyl (C=O) groups is 2. The van der Waals surface area contributed by atoms with Crippen molar-refractivity contribution in [3.63, 3.8) is 0 Å². The monoisotopic (exact) mass is 397 g/mol. The second-order valence-corrected chi connectivity index (χ2v) is 7.44. The summed E-state index contributed by atoms with van der Waals surface area (Å²) >= 11 is 6.08. The van der Waals surface area contributed by atoms with Crippen LogP contribution < -0.4 is 9.88 Å². The molecule has 0 fully saturated rings. The first-order valence-electron chi connectivity index (χ1n) is 7.35. The minimum atomic E-state index is -4.07. The third kappa shape index (κ3) is 4.04. The number of nitrogens with two attached hydrogens (primary N) is 1. The Morgan fingerprint density at radius 3 is 2.35 bits per heavy atom. The highest BCUT2D eigenvalue weighted by Crippen LogP contribution is 2.30. The number of carboxylic acid groups (broad SMARTS) is 1. The van der Waals surface area contributed by atoms with Crippen molar-refractivity contribution in [2.75, 3.05) is 6.61 Å². The van der Waals surface area contributed by atoms with Crippen LogP contribution in [0.25, 0.3) is 0 Å². The van der Waals surface area contributed by atoms with Crippen LogP contribution in [0, 0.1) is 13.8 Å². The maximum Gasteiger partial charge on any atom is 0.341 e. The smallest absolute Gasteiger partial charge is 0.341 e. The minimum absolute atomic E-state index is 0.0000963. The van der Waals surface area contributed by atoms with Crippen molar-refractivity contribution < 1.29 is 27.9 Å². The number of aliphatic carboxylic acids is 1. The van der Waals surface area contributed by atoms with Crippen LogP contribution in [0.5, 0.6) is 5.75 Å². The average molecular weight is 398 g/mol. The largest absolute Gasteiger partial charge is 0.482 e. The van der Waals surface area contributed by atoms with E-state index in [2.05, 4.69) is 0 Å². The fraction of sp³-hybridized carbons (Fsp3) is 0.176. The van der Waals surface area contributed by atoms with Gasteiger partial charge in [-0.25, -0.2) is 18.4 Å². The predicted octanol–water partition coefficient (Wildman–Crippen LogP) is 2.30. The third-order valence-corrected chi connectivity index (χ3v) is 5.32. The van der Waals surface area contributed by atoms with Gasteiger partial charge in [0.05, 0.1) is 5.02 Å². The SMILES string of the molecule is Cc1c(OCC(=O)O)ccc(C(=O)c2cccc(S(N)(=O)=O)c2Cl)c1C. The summed E-state index contributed by atoms with van der Waals surface area (Å²) in [6, 6.07) is 6.96. The predicted molar refractivity (Wildman–Crippen MR) is 95.3 cm³/mol. The van der Waals surface area contributed by atoms with Gasteiger partial charge in [0.25, 0.3) is 0 Å². The number of primary sulfonamides is 1. The highest BCUT2D eigenvalue weighted by atomic mass is 35.5. The second-order valence-electron chi connectivity index (χ2n) is 5.54. The molecular formula is C17H16ClNO6S. The maximum absolute atomic E-state index is 12.8. The molecule has 3 N–H and O–H groups in total. The van der Waals surface area contributed by atoms with E-state index in [0.717, 1.165) is 0 Å². The summed E-state index contributed by atoms with van der Waals surface area (Å²) in [6.07, 6.45) is 0. The summed E-state index contributed by atoms with van der Waals surface area (Å²) < 4.78 is 28.3. The molecule has 0 aliphatic heterocycles. The lowest BCUT2D eigenvalue weighted by molar-refractivity contribution is -0.139. The van der Waals surface area contributed by atoms with Crippen molar-refractivity contribution in [3.05, 3.63) is 57.6 Å². The molecule has 0 bridgehead atoms. The number of ether oxygens (including phenoxy) is 1. The molecule has 0 amide bonds. The van der Waals surface area contributed by atoms with Crippen LogP contribution in [-0.4, -0.2) is 31.9 Å². The van der Waals surface area contributed by atoms with Gasteiger partial charge in [-0.2, -0.15) is 0 Å². The van der Waals surface area contributed by atoms with Crippen molar-refractivity contribution in [2.24, 2.45) is 5.14 Å². The zero-order chi connectivity index (χ0) is 19.6. The van der Waals surface area contributed by atoms with Gasteiger partial charge in [0.15, 0.2) is 12.4 Å². The molecule has 0 atom stereocenters. The summed E-state index contributed by atoms with van der Waals surface area (Å²) in [5, 5.41) is 13.6. The summed E-state index contributed by atoms with van der Waals surface area (Å²) in [5.41, 5.74) is 1.45. The first-order chi connectivity index (χ1) is 12.0. The number of rotatable bonds is 6. The number of benzene rings is 2. The Bertz CT molecular complexity index is 1000. The van der Waals surface area contributed by atoms with E-state index >= 15 is 0 Å². The van der Waals surface area contributed by atoms with Gasteiger partial charge in [0.1, 0.15) is 10.6 Å². The van der Waals surface area contributed by atoms with Gasteiger partial charge < -0.3 is 9.84 Å². The molecule has 0 aromatic heterocycles. The highest BCUT2D eigenvalue weighted by molar-refractivity contribution is 7.89. The first kappa shape index (κ1) is 19.9. The third-order valence-electron chi connectivity index (χ3n) is 3.85. The van der Waals surface area contributed by atoms with Crippen molar-refractivity contribution in [2.45, 2.75) is 18.7 Å². The van der Waals surface area contributed by atoms with E-state index in [0.29, 0.717) is 22.4 Å². The molecule has 9 heteroatoms. The number of hydrogen-bond acceptors (Lipinski definition) is 5. The Labute approximate surface area is 155 Å². The zero-order valence-corrected chi connectivity index (χ0v) is 15.5. The van der Waals surface area contributed by atoms with Gasteiger partial charge >= 0.3 is 5.97 Å². The van der Waals surface area contributed by atoms with E-state index in [1.165, 1.54) is 30.3 Å². The summed E-state index contributed by atoms with van der Waals surface area (Å²) in [5.74, 6) is -1.26. The molecule has 0 unspecified atom stereocenters. The first-order valence-corrected chi connectivity index (χ1v) is 9.27. The number of ketones is 1. The molecule has 0 aliphatic carbocycles. The standard InChI is InChI=1S/C17H16ClNO6S/c1-9-10(2)13(25-8-15(20)21)7-6-11(9)17(22)12-4-3-5-14(16(12)18)26(19,23)24/h3-7H,8H2,1-2H3,(H,20,21)(H2,19,23,24). The van der Waals surface area contributed by atoms with Crippen LogP contribution in [-0.2, 0) is 14.8 Å². The number of sulfonamides is 1. The topological polar surface area (TPSA) is 124 Å². The summed E-state index contributed by atoms with van der Waals surface area (Å²) in [4.78, 5) is 23.1. The van der Waals surface area contributed by atoms with Gasteiger partial charge in [-0.1, -0.05) is 17.7 Å². The van der Waals surface area contributed by atoms with Crippen molar-refractivity contribution in [1.29, 1.82) is 0 Å². The number of halogens is 1. The molecule has 2 aromatic carbocycles. The molecule has 0 saturated carbocycles. The van der Waals surface area contributed by atoms with Crippen LogP contribution in [0.4, 0.5) is 0 Å². The van der Waals surface area contributed by atoms with Crippen LogP contribution in [0.2, 0.25) is 5.02 Å². The maximum atomic E-state index is 12.8. The lowest BCUT2D eigenvalue weighted by Gasteiger charge is -2.14. The van der Waals surface area contributed by atoms with Gasteiger partial charge in [-0.15, -0.1) is 0 Å². The Balaban J connectivity index is 2.49. The molecule has 26 heavy (non-hydrogen) atoms. The zero-order valence-electron chi connectivity index (χ0n) is 13.9. The van der Waals surface area contributed by atoms with Crippen molar-refractivity contribution >= 4 is 33.4 Å². The lowest BCUT2D eigenvalue weighted by Crippen LogP contribution is -2.15. The summed E-state index contributed by atoms with van der Waals surface area (Å²) in [7, 11) is -4.07. The van der Waals surface area contributed by atoms with Crippen LogP contribution in [0.3, 0.4) is 0 Å². The quantitative estimate of drug-likeness (QED) is 0.720. The summed E-state index contributed by atoms with van der Waals surface area (Å²) in [6.45, 7) is 2.86. The molecule has 0 heterocycles.